The molecule has 1 atom stereocenters. The van der Waals surface area contributed by atoms with Gasteiger partial charge in [-0.05, 0) is 32.1 Å². The fourth-order valence-electron chi connectivity index (χ4n) is 2.50. The molecule has 1 N–H and O–H groups in total. The van der Waals surface area contributed by atoms with Gasteiger partial charge in [0.1, 0.15) is 0 Å². The molecule has 14 heavy (non-hydrogen) atoms. The van der Waals surface area contributed by atoms with Crippen molar-refractivity contribution in [2.45, 2.75) is 58.5 Å². The highest BCUT2D eigenvalue weighted by Crippen LogP contribution is 2.53. The van der Waals surface area contributed by atoms with Gasteiger partial charge in [0, 0.05) is 39.4 Å². The normalized spacial score (nSPS) is 39.0. The predicted molar refractivity (Wildman–Crippen MR) is 60.4 cm³/mol. The summed E-state index contributed by atoms with van der Waals surface area (Å²) >= 11 is 0. The molecule has 1 spiro atoms. The van der Waals surface area contributed by atoms with Crippen LogP contribution in [0.2, 0.25) is 0 Å². The molecule has 2 fully saturated rings. The molecule has 1 aliphatic heterocycles. The lowest BCUT2D eigenvalue weighted by atomic mass is 10.0. The maximum absolute atomic E-state index is 7.49. The van der Waals surface area contributed by atoms with Crippen molar-refractivity contribution in [3.63, 3.8) is 0 Å². The molecule has 2 aliphatic rings. The van der Waals surface area contributed by atoms with Crippen LogP contribution in [-0.2, 0) is 0 Å². The summed E-state index contributed by atoms with van der Waals surface area (Å²) in [5.74, 6) is 0. The molecule has 82 valence electrons. The van der Waals surface area contributed by atoms with Crippen LogP contribution in [0.25, 0.3) is 0 Å². The van der Waals surface area contributed by atoms with E-state index in [1.165, 1.54) is 0 Å². The molecule has 2 nitrogen and oxygen atoms in total. The molecular weight excluding hydrogens is 172 g/mol. The lowest BCUT2D eigenvalue weighted by Crippen LogP contribution is -2.41. The van der Waals surface area contributed by atoms with Gasteiger partial charge in [0.25, 0.3) is 0 Å². The van der Waals surface area contributed by atoms with Crippen LogP contribution in [0.5, 0.6) is 0 Å². The zero-order chi connectivity index (χ0) is 15.3. The third-order valence-electron chi connectivity index (χ3n) is 3.66. The highest BCUT2D eigenvalue weighted by atomic mass is 15.2. The number of hydrogen-bond donors (Lipinski definition) is 1. The molecule has 1 heterocycles. The first-order chi connectivity index (χ1) is 8.96. The lowest BCUT2D eigenvalue weighted by Gasteiger charge is -2.22. The van der Waals surface area contributed by atoms with E-state index in [1.807, 2.05) is 0 Å². The summed E-state index contributed by atoms with van der Waals surface area (Å²) in [6.45, 7) is 0.892. The van der Waals surface area contributed by atoms with Crippen molar-refractivity contribution in [1.82, 2.24) is 10.2 Å². The molecule has 1 unspecified atom stereocenters. The molecule has 0 amide bonds. The van der Waals surface area contributed by atoms with E-state index >= 15 is 0 Å². The number of rotatable bonds is 3. The second-order valence-electron chi connectivity index (χ2n) is 5.04. The highest BCUT2D eigenvalue weighted by Gasteiger charge is 2.55. The first kappa shape index (κ1) is 5.31. The Kier molecular flexibility index (Phi) is 1.33. The van der Waals surface area contributed by atoms with Crippen LogP contribution in [0, 0.1) is 5.41 Å². The second-order valence-corrected chi connectivity index (χ2v) is 5.04. The van der Waals surface area contributed by atoms with E-state index in [-0.39, 0.29) is 11.5 Å². The smallest absolute Gasteiger partial charge is 0.0266 e. The lowest BCUT2D eigenvalue weighted by molar-refractivity contribution is 0.260. The second kappa shape index (κ2) is 3.49. The van der Waals surface area contributed by atoms with E-state index < -0.39 is 19.7 Å². The molecule has 2 heteroatoms. The zero-order valence-corrected chi connectivity index (χ0v) is 9.01. The Balaban J connectivity index is 2.12. The van der Waals surface area contributed by atoms with Crippen molar-refractivity contribution in [2.75, 3.05) is 13.1 Å². The van der Waals surface area contributed by atoms with E-state index in [9.17, 15) is 0 Å². The van der Waals surface area contributed by atoms with Gasteiger partial charge in [-0.2, -0.15) is 0 Å². The fraction of sp³-hybridized carbons (Fsp3) is 1.00. The van der Waals surface area contributed by atoms with Crippen LogP contribution in [0.3, 0.4) is 0 Å². The average Bonchev–Trinajstić information content (AvgIpc) is 2.87. The van der Waals surface area contributed by atoms with Crippen molar-refractivity contribution >= 4 is 0 Å². The molecule has 1 saturated carbocycles. The monoisotopic (exact) mass is 202 g/mol. The largest absolute Gasteiger partial charge is 0.310 e. The summed E-state index contributed by atoms with van der Waals surface area (Å²) in [5, 5.41) is 2.97. The fourth-order valence-corrected chi connectivity index (χ4v) is 2.50. The minimum atomic E-state index is -2.51. The first-order valence-corrected chi connectivity index (χ1v) is 5.46. The minimum Gasteiger partial charge on any atom is -0.310 e. The van der Waals surface area contributed by atoms with Crippen molar-refractivity contribution in [1.29, 1.82) is 0 Å². The molecule has 0 aromatic carbocycles. The molecule has 0 bridgehead atoms. The van der Waals surface area contributed by atoms with E-state index in [0.29, 0.717) is 6.04 Å². The Morgan fingerprint density at radius 1 is 1.43 bits per heavy atom. The maximum Gasteiger partial charge on any atom is 0.0266 e. The van der Waals surface area contributed by atoms with Gasteiger partial charge in [0.15, 0.2) is 0 Å². The summed E-state index contributed by atoms with van der Waals surface area (Å²) in [6, 6.07) is -1.07. The van der Waals surface area contributed by atoms with Gasteiger partial charge in [0.05, 0.1) is 0 Å². The van der Waals surface area contributed by atoms with Gasteiger partial charge >= 0.3 is 0 Å². The molecule has 0 aromatic heterocycles. The summed E-state index contributed by atoms with van der Waals surface area (Å²) < 4.78 is 44.9. The Bertz CT molecular complexity index is 344. The highest BCUT2D eigenvalue weighted by molar-refractivity contribution is 5.10. The molecule has 0 radical (unpaired) electrons. The van der Waals surface area contributed by atoms with Crippen molar-refractivity contribution in [2.24, 2.45) is 5.41 Å². The van der Waals surface area contributed by atoms with Gasteiger partial charge in [-0.25, -0.2) is 0 Å². The Morgan fingerprint density at radius 2 is 2.14 bits per heavy atom. The van der Waals surface area contributed by atoms with Crippen molar-refractivity contribution in [3.05, 3.63) is 0 Å². The van der Waals surface area contributed by atoms with Crippen LogP contribution in [0.1, 0.15) is 48.6 Å². The molecule has 0 aromatic rings. The standard InChI is InChI=1S/C12H24N2/c1-9(2)13-11-7-14(10(3)4)8-12(11)5-6-12/h9-11,13H,5-8H2,1-4H3/i1D3,2D3. The maximum atomic E-state index is 7.49. The van der Waals surface area contributed by atoms with Crippen LogP contribution in [-0.4, -0.2) is 36.1 Å². The number of hydrogen-bond acceptors (Lipinski definition) is 2. The Labute approximate surface area is 96.5 Å². The Morgan fingerprint density at radius 3 is 2.64 bits per heavy atom. The van der Waals surface area contributed by atoms with Gasteiger partial charge in [-0.3, -0.25) is 4.90 Å². The van der Waals surface area contributed by atoms with Crippen LogP contribution < -0.4 is 5.32 Å². The number of likely N-dealkylation sites (tertiary alicyclic amines) is 1. The predicted octanol–water partition coefficient (Wildman–Crippen LogP) is 1.86. The zero-order valence-electron chi connectivity index (χ0n) is 15.0. The van der Waals surface area contributed by atoms with Crippen LogP contribution >= 0.6 is 0 Å². The van der Waals surface area contributed by atoms with Crippen LogP contribution in [0.15, 0.2) is 0 Å². The molecule has 1 aliphatic carbocycles. The van der Waals surface area contributed by atoms with Gasteiger partial charge in [-0.15, -0.1) is 0 Å². The van der Waals surface area contributed by atoms with Gasteiger partial charge in [-0.1, -0.05) is 13.7 Å². The topological polar surface area (TPSA) is 15.3 Å². The number of nitrogens with one attached hydrogen (secondary N) is 1. The summed E-state index contributed by atoms with van der Waals surface area (Å²) in [7, 11) is 0. The summed E-state index contributed by atoms with van der Waals surface area (Å²) in [6.07, 6.45) is 2.12. The van der Waals surface area contributed by atoms with Gasteiger partial charge < -0.3 is 5.32 Å². The minimum absolute atomic E-state index is 0.0317. The quantitative estimate of drug-likeness (QED) is 0.751. The van der Waals surface area contributed by atoms with E-state index in [4.69, 9.17) is 8.22 Å². The van der Waals surface area contributed by atoms with Crippen LogP contribution in [0.4, 0.5) is 0 Å². The van der Waals surface area contributed by atoms with E-state index in [2.05, 4.69) is 24.1 Å². The molecular formula is C12H24N2. The third kappa shape index (κ3) is 1.82. The molecule has 1 saturated heterocycles. The average molecular weight is 202 g/mol. The molecule has 2 rings (SSSR count). The summed E-state index contributed by atoms with van der Waals surface area (Å²) in [5.41, 5.74) is 0.0962. The van der Waals surface area contributed by atoms with Crippen molar-refractivity contribution < 1.29 is 8.22 Å². The number of nitrogens with zero attached hydrogens (tertiary/aromatic N) is 1. The summed E-state index contributed by atoms with van der Waals surface area (Å²) in [4.78, 5) is 2.31. The van der Waals surface area contributed by atoms with E-state index in [1.54, 1.807) is 0 Å². The first-order valence-electron chi connectivity index (χ1n) is 8.46. The van der Waals surface area contributed by atoms with Crippen molar-refractivity contribution in [3.8, 4) is 0 Å². The van der Waals surface area contributed by atoms with Gasteiger partial charge in [0.2, 0.25) is 0 Å². The SMILES string of the molecule is [2H]C([2H])([2H])C(NC1CN(C(C)C)CC12CC2)C([2H])([2H])[2H]. The third-order valence-corrected chi connectivity index (χ3v) is 3.66. The van der Waals surface area contributed by atoms with E-state index in [0.717, 1.165) is 25.9 Å². The Hall–Kier alpha value is -0.0800.